The van der Waals surface area contributed by atoms with Crippen molar-refractivity contribution in [2.45, 2.75) is 20.3 Å². The predicted octanol–water partition coefficient (Wildman–Crippen LogP) is 1.67. The van der Waals surface area contributed by atoms with Crippen LogP contribution in [0.2, 0.25) is 0 Å². The molecule has 0 aliphatic carbocycles. The minimum absolute atomic E-state index is 0.695. The van der Waals surface area contributed by atoms with E-state index in [0.717, 1.165) is 48.3 Å². The van der Waals surface area contributed by atoms with Gasteiger partial charge in [0, 0.05) is 42.4 Å². The molecule has 1 aliphatic heterocycles. The Balaban J connectivity index is 1.82. The van der Waals surface area contributed by atoms with Crippen molar-refractivity contribution in [2.24, 2.45) is 10.7 Å². The Morgan fingerprint density at radius 3 is 2.72 bits per heavy atom. The molecule has 0 amide bonds. The molecule has 4 nitrogen and oxygen atoms in total. The summed E-state index contributed by atoms with van der Waals surface area (Å²) in [5, 5.41) is 1.16. The van der Waals surface area contributed by atoms with Crippen LogP contribution in [0.15, 0.2) is 4.99 Å². The monoisotopic (exact) mass is 284 g/mol. The van der Waals surface area contributed by atoms with E-state index in [1.807, 2.05) is 11.8 Å². The van der Waals surface area contributed by atoms with Crippen LogP contribution in [-0.4, -0.2) is 47.0 Å². The number of nitrogens with zero attached hydrogens (tertiary/aromatic N) is 3. The number of rotatable bonds is 3. The summed E-state index contributed by atoms with van der Waals surface area (Å²) < 4.78 is 0. The quantitative estimate of drug-likeness (QED) is 0.677. The summed E-state index contributed by atoms with van der Waals surface area (Å²) in [4.78, 5) is 12.4. The van der Waals surface area contributed by atoms with Crippen molar-refractivity contribution in [2.75, 3.05) is 31.1 Å². The second kappa shape index (κ2) is 6.43. The van der Waals surface area contributed by atoms with Crippen molar-refractivity contribution in [3.63, 3.8) is 0 Å². The number of nitrogens with two attached hydrogens (primary N) is 1. The molecule has 2 N–H and O–H groups in total. The lowest BCUT2D eigenvalue weighted by Crippen LogP contribution is -2.42. The van der Waals surface area contributed by atoms with Crippen molar-refractivity contribution in [3.8, 4) is 0 Å². The van der Waals surface area contributed by atoms with Gasteiger partial charge in [-0.25, -0.2) is 4.98 Å². The van der Waals surface area contributed by atoms with Crippen molar-refractivity contribution in [1.82, 2.24) is 9.88 Å². The Bertz CT molecular complexity index is 402. The van der Waals surface area contributed by atoms with Gasteiger partial charge in [0.25, 0.3) is 0 Å². The Hall–Kier alpha value is -0.750. The van der Waals surface area contributed by atoms with Crippen LogP contribution in [0.4, 0.5) is 0 Å². The zero-order valence-electron chi connectivity index (χ0n) is 11.0. The first-order valence-corrected chi connectivity index (χ1v) is 8.19. The van der Waals surface area contributed by atoms with E-state index in [-0.39, 0.29) is 0 Å². The summed E-state index contributed by atoms with van der Waals surface area (Å²) in [6, 6.07) is 0. The van der Waals surface area contributed by atoms with Crippen molar-refractivity contribution in [1.29, 1.82) is 0 Å². The Morgan fingerprint density at radius 2 is 2.11 bits per heavy atom. The van der Waals surface area contributed by atoms with Gasteiger partial charge in [-0.1, -0.05) is 0 Å². The molecule has 0 aromatic carbocycles. The SMILES string of the molecule is Cc1nc(CCN=C(N)N2CCSCC2)sc1C. The van der Waals surface area contributed by atoms with Crippen LogP contribution in [0.5, 0.6) is 0 Å². The standard InChI is InChI=1S/C12H20N4S2/c1-9-10(2)18-11(15-9)3-4-14-12(13)16-5-7-17-8-6-16/h3-8H2,1-2H3,(H2,13,14). The Morgan fingerprint density at radius 1 is 1.39 bits per heavy atom. The van der Waals surface area contributed by atoms with Crippen LogP contribution in [0.25, 0.3) is 0 Å². The molecule has 1 fully saturated rings. The summed E-state index contributed by atoms with van der Waals surface area (Å²) in [7, 11) is 0. The van der Waals surface area contributed by atoms with Gasteiger partial charge >= 0.3 is 0 Å². The van der Waals surface area contributed by atoms with E-state index in [4.69, 9.17) is 5.73 Å². The van der Waals surface area contributed by atoms with Gasteiger partial charge in [0.15, 0.2) is 5.96 Å². The Labute approximate surface area is 117 Å². The van der Waals surface area contributed by atoms with Gasteiger partial charge in [-0.2, -0.15) is 11.8 Å². The highest BCUT2D eigenvalue weighted by Gasteiger charge is 2.11. The van der Waals surface area contributed by atoms with Crippen molar-refractivity contribution >= 4 is 29.1 Å². The number of aryl methyl sites for hydroxylation is 2. The third-order valence-corrected chi connectivity index (χ3v) is 5.08. The molecule has 1 aromatic heterocycles. The minimum Gasteiger partial charge on any atom is -0.370 e. The molecule has 0 unspecified atom stereocenters. The summed E-state index contributed by atoms with van der Waals surface area (Å²) >= 11 is 3.74. The molecule has 2 heterocycles. The average molecular weight is 284 g/mol. The van der Waals surface area contributed by atoms with Gasteiger partial charge < -0.3 is 10.6 Å². The summed E-state index contributed by atoms with van der Waals surface area (Å²) in [5.41, 5.74) is 7.14. The second-order valence-corrected chi connectivity index (χ2v) is 6.85. The first-order valence-electron chi connectivity index (χ1n) is 6.22. The third kappa shape index (κ3) is 3.62. The van der Waals surface area contributed by atoms with Crippen LogP contribution in [0, 0.1) is 13.8 Å². The smallest absolute Gasteiger partial charge is 0.191 e. The first-order chi connectivity index (χ1) is 8.66. The topological polar surface area (TPSA) is 54.5 Å². The van der Waals surface area contributed by atoms with Crippen molar-refractivity contribution in [3.05, 3.63) is 15.6 Å². The molecule has 18 heavy (non-hydrogen) atoms. The van der Waals surface area contributed by atoms with Gasteiger partial charge in [-0.3, -0.25) is 4.99 Å². The largest absolute Gasteiger partial charge is 0.370 e. The van der Waals surface area contributed by atoms with Crippen LogP contribution >= 0.6 is 23.1 Å². The van der Waals surface area contributed by atoms with E-state index in [2.05, 4.69) is 28.7 Å². The molecule has 2 rings (SSSR count). The van der Waals surface area contributed by atoms with E-state index in [1.165, 1.54) is 4.88 Å². The number of thioether (sulfide) groups is 1. The molecule has 0 radical (unpaired) electrons. The van der Waals surface area contributed by atoms with Crippen molar-refractivity contribution < 1.29 is 0 Å². The maximum absolute atomic E-state index is 6.00. The molecule has 0 atom stereocenters. The zero-order valence-corrected chi connectivity index (χ0v) is 12.6. The molecule has 1 saturated heterocycles. The van der Waals surface area contributed by atoms with Crippen LogP contribution < -0.4 is 5.73 Å². The molecule has 1 aliphatic rings. The summed E-state index contributed by atoms with van der Waals surface area (Å²) in [6.07, 6.45) is 0.892. The molecular formula is C12H20N4S2. The number of hydrogen-bond acceptors (Lipinski definition) is 4. The lowest BCUT2D eigenvalue weighted by atomic mass is 10.4. The maximum atomic E-state index is 6.00. The van der Waals surface area contributed by atoms with E-state index in [1.54, 1.807) is 11.3 Å². The molecule has 0 spiro atoms. The minimum atomic E-state index is 0.695. The molecule has 0 saturated carbocycles. The van der Waals surface area contributed by atoms with E-state index in [9.17, 15) is 0 Å². The van der Waals surface area contributed by atoms with Gasteiger partial charge in [0.05, 0.1) is 10.7 Å². The fraction of sp³-hybridized carbons (Fsp3) is 0.667. The Kier molecular flexibility index (Phi) is 4.88. The third-order valence-electron chi connectivity index (χ3n) is 3.01. The van der Waals surface area contributed by atoms with E-state index >= 15 is 0 Å². The summed E-state index contributed by atoms with van der Waals surface area (Å²) in [5.74, 6) is 3.00. The first kappa shape index (κ1) is 13.7. The fourth-order valence-corrected chi connectivity index (χ4v) is 3.63. The second-order valence-electron chi connectivity index (χ2n) is 4.34. The summed E-state index contributed by atoms with van der Waals surface area (Å²) in [6.45, 7) is 6.95. The van der Waals surface area contributed by atoms with Gasteiger partial charge in [0.1, 0.15) is 0 Å². The highest BCUT2D eigenvalue weighted by atomic mass is 32.2. The number of guanidine groups is 1. The lowest BCUT2D eigenvalue weighted by molar-refractivity contribution is 0.456. The number of aromatic nitrogens is 1. The number of aliphatic imine (C=N–C) groups is 1. The lowest BCUT2D eigenvalue weighted by Gasteiger charge is -2.27. The fourth-order valence-electron chi connectivity index (χ4n) is 1.80. The number of hydrogen-bond donors (Lipinski definition) is 1. The van der Waals surface area contributed by atoms with Crippen LogP contribution in [0.1, 0.15) is 15.6 Å². The molecule has 6 heteroatoms. The highest BCUT2D eigenvalue weighted by molar-refractivity contribution is 7.99. The molecular weight excluding hydrogens is 264 g/mol. The van der Waals surface area contributed by atoms with Crippen LogP contribution in [-0.2, 0) is 6.42 Å². The van der Waals surface area contributed by atoms with Gasteiger partial charge in [-0.05, 0) is 13.8 Å². The number of thiazole rings is 1. The average Bonchev–Trinajstić information content (AvgIpc) is 2.69. The predicted molar refractivity (Wildman–Crippen MR) is 80.7 cm³/mol. The molecule has 100 valence electrons. The van der Waals surface area contributed by atoms with Crippen LogP contribution in [0.3, 0.4) is 0 Å². The van der Waals surface area contributed by atoms with E-state index < -0.39 is 0 Å². The highest BCUT2D eigenvalue weighted by Crippen LogP contribution is 2.16. The molecule has 1 aromatic rings. The zero-order chi connectivity index (χ0) is 13.0. The van der Waals surface area contributed by atoms with Gasteiger partial charge in [-0.15, -0.1) is 11.3 Å². The molecule has 0 bridgehead atoms. The maximum Gasteiger partial charge on any atom is 0.191 e. The van der Waals surface area contributed by atoms with Gasteiger partial charge in [0.2, 0.25) is 0 Å². The van der Waals surface area contributed by atoms with E-state index in [0.29, 0.717) is 5.96 Å². The normalized spacial score (nSPS) is 17.2.